The highest BCUT2D eigenvalue weighted by Gasteiger charge is 2.21. The molecule has 0 aromatic heterocycles. The van der Waals surface area contributed by atoms with Crippen LogP contribution in [-0.2, 0) is 11.2 Å². The molecule has 2 aromatic carbocycles. The van der Waals surface area contributed by atoms with Gasteiger partial charge in [-0.2, -0.15) is 5.10 Å². The van der Waals surface area contributed by atoms with Crippen molar-refractivity contribution < 1.29 is 19.2 Å². The number of amides is 1. The highest BCUT2D eigenvalue weighted by atomic mass is 16.6. The Hall–Kier alpha value is -3.42. The molecule has 0 aliphatic rings. The predicted molar refractivity (Wildman–Crippen MR) is 96.7 cm³/mol. The van der Waals surface area contributed by atoms with Gasteiger partial charge in [-0.1, -0.05) is 30.3 Å². The van der Waals surface area contributed by atoms with Crippen LogP contribution in [0, 0.1) is 10.1 Å². The summed E-state index contributed by atoms with van der Waals surface area (Å²) in [6.07, 6.45) is 1.50. The van der Waals surface area contributed by atoms with E-state index >= 15 is 0 Å². The average Bonchev–Trinajstić information content (AvgIpc) is 2.63. The molecule has 0 unspecified atom stereocenters. The van der Waals surface area contributed by atoms with Gasteiger partial charge in [0.2, 0.25) is 11.7 Å². The molecule has 0 fully saturated rings. The Kier molecular flexibility index (Phi) is 6.67. The number of methoxy groups -OCH3 is 1. The molecule has 0 radical (unpaired) electrons. The Bertz CT molecular complexity index is 806. The van der Waals surface area contributed by atoms with Gasteiger partial charge in [0.05, 0.1) is 31.3 Å². The average molecular weight is 357 g/mol. The van der Waals surface area contributed by atoms with Crippen LogP contribution in [-0.4, -0.2) is 30.8 Å². The van der Waals surface area contributed by atoms with Gasteiger partial charge in [0.25, 0.3) is 0 Å². The standard InChI is InChI=1S/C18H19N3O5/c1-3-26-18-15(21(23)24)9-14(10-16(18)25-2)12-19-20-17(22)11-13-7-5-4-6-8-13/h4-10,12H,3,11H2,1-2H3,(H,20,22)/b19-12-. The second kappa shape index (κ2) is 9.16. The number of rotatable bonds is 8. The van der Waals surface area contributed by atoms with Crippen molar-refractivity contribution in [2.24, 2.45) is 5.10 Å². The molecule has 8 nitrogen and oxygen atoms in total. The fourth-order valence-electron chi connectivity index (χ4n) is 2.26. The smallest absolute Gasteiger partial charge is 0.315 e. The van der Waals surface area contributed by atoms with Crippen molar-refractivity contribution in [1.29, 1.82) is 0 Å². The molecular weight excluding hydrogens is 338 g/mol. The summed E-state index contributed by atoms with van der Waals surface area (Å²) in [5.41, 5.74) is 3.42. The Morgan fingerprint density at radius 1 is 1.31 bits per heavy atom. The molecule has 0 aliphatic heterocycles. The van der Waals surface area contributed by atoms with Crippen molar-refractivity contribution in [2.75, 3.05) is 13.7 Å². The first kappa shape index (κ1) is 18.9. The SMILES string of the molecule is CCOc1c(OC)cc(/C=N\NC(=O)Cc2ccccc2)cc1[N+](=O)[O-]. The van der Waals surface area contributed by atoms with Crippen molar-refractivity contribution in [2.45, 2.75) is 13.3 Å². The largest absolute Gasteiger partial charge is 0.493 e. The van der Waals surface area contributed by atoms with Gasteiger partial charge in [0, 0.05) is 11.6 Å². The summed E-state index contributed by atoms with van der Waals surface area (Å²) >= 11 is 0. The number of hydrogen-bond donors (Lipinski definition) is 1. The minimum Gasteiger partial charge on any atom is -0.493 e. The molecule has 0 heterocycles. The van der Waals surface area contributed by atoms with Crippen molar-refractivity contribution in [3.05, 3.63) is 63.7 Å². The van der Waals surface area contributed by atoms with Gasteiger partial charge in [-0.3, -0.25) is 14.9 Å². The lowest BCUT2D eigenvalue weighted by Gasteiger charge is -2.10. The van der Waals surface area contributed by atoms with Gasteiger partial charge in [-0.25, -0.2) is 5.43 Å². The first-order chi connectivity index (χ1) is 12.5. The molecule has 0 saturated heterocycles. The first-order valence-electron chi connectivity index (χ1n) is 7.90. The van der Waals surface area contributed by atoms with Crippen LogP contribution in [0.25, 0.3) is 0 Å². The van der Waals surface area contributed by atoms with Crippen LogP contribution in [0.15, 0.2) is 47.6 Å². The van der Waals surface area contributed by atoms with Gasteiger partial charge < -0.3 is 9.47 Å². The van der Waals surface area contributed by atoms with E-state index < -0.39 is 4.92 Å². The van der Waals surface area contributed by atoms with E-state index in [1.165, 1.54) is 19.4 Å². The normalized spacial score (nSPS) is 10.5. The molecule has 0 bridgehead atoms. The molecule has 2 aromatic rings. The second-order valence-corrected chi connectivity index (χ2v) is 5.22. The van der Waals surface area contributed by atoms with Crippen LogP contribution in [0.4, 0.5) is 5.69 Å². The Labute approximate surface area is 150 Å². The monoisotopic (exact) mass is 357 g/mol. The van der Waals surface area contributed by atoms with Gasteiger partial charge in [0.15, 0.2) is 5.75 Å². The van der Waals surface area contributed by atoms with Gasteiger partial charge in [0.1, 0.15) is 0 Å². The number of nitrogens with zero attached hydrogens (tertiary/aromatic N) is 2. The molecule has 2 rings (SSSR count). The van der Waals surface area contributed by atoms with E-state index in [0.717, 1.165) is 5.56 Å². The quantitative estimate of drug-likeness (QED) is 0.444. The topological polar surface area (TPSA) is 103 Å². The Morgan fingerprint density at radius 2 is 2.04 bits per heavy atom. The highest BCUT2D eigenvalue weighted by molar-refractivity contribution is 5.85. The number of nitro groups is 1. The minimum absolute atomic E-state index is 0.0604. The molecular formula is C18H19N3O5. The van der Waals surface area contributed by atoms with Crippen LogP contribution in [0.2, 0.25) is 0 Å². The van der Waals surface area contributed by atoms with Crippen LogP contribution in [0.3, 0.4) is 0 Å². The number of nitrogens with one attached hydrogen (secondary N) is 1. The predicted octanol–water partition coefficient (Wildman–Crippen LogP) is 2.69. The molecule has 0 atom stereocenters. The zero-order valence-electron chi connectivity index (χ0n) is 14.5. The van der Waals surface area contributed by atoms with Crippen LogP contribution < -0.4 is 14.9 Å². The van der Waals surface area contributed by atoms with E-state index in [1.807, 2.05) is 30.3 Å². The fourth-order valence-corrected chi connectivity index (χ4v) is 2.26. The maximum Gasteiger partial charge on any atom is 0.315 e. The molecule has 136 valence electrons. The van der Waals surface area contributed by atoms with Crippen molar-refractivity contribution >= 4 is 17.8 Å². The lowest BCUT2D eigenvalue weighted by atomic mass is 10.1. The van der Waals surface area contributed by atoms with E-state index in [4.69, 9.17) is 9.47 Å². The first-order valence-corrected chi connectivity index (χ1v) is 7.90. The molecule has 0 saturated carbocycles. The maximum absolute atomic E-state index is 11.9. The molecule has 26 heavy (non-hydrogen) atoms. The number of nitro benzene ring substituents is 1. The third-order valence-electron chi connectivity index (χ3n) is 3.37. The zero-order chi connectivity index (χ0) is 18.9. The summed E-state index contributed by atoms with van der Waals surface area (Å²) in [7, 11) is 1.39. The van der Waals surface area contributed by atoms with E-state index in [-0.39, 0.29) is 36.1 Å². The summed E-state index contributed by atoms with van der Waals surface area (Å²) in [5, 5.41) is 15.1. The van der Waals surface area contributed by atoms with Crippen LogP contribution >= 0.6 is 0 Å². The van der Waals surface area contributed by atoms with Crippen molar-refractivity contribution in [3.8, 4) is 11.5 Å². The zero-order valence-corrected chi connectivity index (χ0v) is 14.5. The van der Waals surface area contributed by atoms with Crippen LogP contribution in [0.1, 0.15) is 18.1 Å². The lowest BCUT2D eigenvalue weighted by Crippen LogP contribution is -2.19. The summed E-state index contributed by atoms with van der Waals surface area (Å²) in [4.78, 5) is 22.6. The van der Waals surface area contributed by atoms with Crippen LogP contribution in [0.5, 0.6) is 11.5 Å². The third kappa shape index (κ3) is 5.04. The van der Waals surface area contributed by atoms with Gasteiger partial charge in [-0.15, -0.1) is 0 Å². The number of ether oxygens (including phenoxy) is 2. The van der Waals surface area contributed by atoms with Gasteiger partial charge in [-0.05, 0) is 18.6 Å². The molecule has 1 N–H and O–H groups in total. The van der Waals surface area contributed by atoms with Gasteiger partial charge >= 0.3 is 5.69 Å². The number of benzene rings is 2. The van der Waals surface area contributed by atoms with E-state index in [9.17, 15) is 14.9 Å². The number of carbonyl (C=O) groups is 1. The van der Waals surface area contributed by atoms with E-state index in [2.05, 4.69) is 10.5 Å². The molecule has 0 spiro atoms. The van der Waals surface area contributed by atoms with Crippen molar-refractivity contribution in [3.63, 3.8) is 0 Å². The summed E-state index contributed by atoms with van der Waals surface area (Å²) < 4.78 is 10.5. The number of hydrazone groups is 1. The maximum atomic E-state index is 11.9. The molecule has 8 heteroatoms. The Morgan fingerprint density at radius 3 is 2.65 bits per heavy atom. The Balaban J connectivity index is 2.13. The fraction of sp³-hybridized carbons (Fsp3) is 0.222. The summed E-state index contributed by atoms with van der Waals surface area (Å²) in [5.74, 6) is -0.0109. The van der Waals surface area contributed by atoms with E-state index in [0.29, 0.717) is 5.56 Å². The molecule has 0 aliphatic carbocycles. The summed E-state index contributed by atoms with van der Waals surface area (Å²) in [6, 6.07) is 12.1. The minimum atomic E-state index is -0.557. The molecule has 1 amide bonds. The second-order valence-electron chi connectivity index (χ2n) is 5.22. The number of hydrogen-bond acceptors (Lipinski definition) is 6. The lowest BCUT2D eigenvalue weighted by molar-refractivity contribution is -0.385. The van der Waals surface area contributed by atoms with Crippen molar-refractivity contribution in [1.82, 2.24) is 5.43 Å². The van der Waals surface area contributed by atoms with E-state index in [1.54, 1.807) is 13.0 Å². The summed E-state index contributed by atoms with van der Waals surface area (Å²) in [6.45, 7) is 1.99. The highest BCUT2D eigenvalue weighted by Crippen LogP contribution is 2.37. The number of carbonyl (C=O) groups excluding carboxylic acids is 1. The third-order valence-corrected chi connectivity index (χ3v) is 3.37.